The fourth-order valence-electron chi connectivity index (χ4n) is 2.99. The van der Waals surface area contributed by atoms with E-state index in [4.69, 9.17) is 16.1 Å². The van der Waals surface area contributed by atoms with Gasteiger partial charge in [-0.3, -0.25) is 4.99 Å². The zero-order valence-corrected chi connectivity index (χ0v) is 19.9. The van der Waals surface area contributed by atoms with Crippen LogP contribution in [0, 0.1) is 0 Å². The van der Waals surface area contributed by atoms with E-state index in [0.717, 1.165) is 42.8 Å². The largest absolute Gasteiger partial charge is 0.367 e. The Bertz CT molecular complexity index is 796. The number of hydrogen-bond donors (Lipinski definition) is 1. The molecule has 28 heavy (non-hydrogen) atoms. The summed E-state index contributed by atoms with van der Waals surface area (Å²) in [5.41, 5.74) is 0.936. The minimum Gasteiger partial charge on any atom is -0.367 e. The van der Waals surface area contributed by atoms with Crippen molar-refractivity contribution in [1.82, 2.24) is 20.4 Å². The van der Waals surface area contributed by atoms with E-state index in [2.05, 4.69) is 57.1 Å². The lowest BCUT2D eigenvalue weighted by Gasteiger charge is -2.37. The standard InChI is InChI=1S/C19H27ClN6O.HI/c1-19(2,3)17-23-16(24-27-17)13-22-18(21-4)26-11-9-25(10-12-26)15-8-6-5-7-14(15)20;/h5-8H,9-13H2,1-4H3,(H,21,22);1H. The molecule has 0 aliphatic carbocycles. The van der Waals surface area contributed by atoms with Crippen molar-refractivity contribution in [3.05, 3.63) is 41.0 Å². The molecule has 1 aromatic carbocycles. The van der Waals surface area contributed by atoms with Gasteiger partial charge in [-0.15, -0.1) is 24.0 Å². The normalized spacial score (nSPS) is 15.4. The first-order valence-electron chi connectivity index (χ1n) is 9.16. The molecule has 0 saturated carbocycles. The summed E-state index contributed by atoms with van der Waals surface area (Å²) in [6.45, 7) is 10.1. The Labute approximate surface area is 188 Å². The molecule has 0 amide bonds. The number of para-hydroxylation sites is 1. The lowest BCUT2D eigenvalue weighted by Crippen LogP contribution is -2.52. The van der Waals surface area contributed by atoms with E-state index >= 15 is 0 Å². The smallest absolute Gasteiger partial charge is 0.232 e. The molecule has 154 valence electrons. The van der Waals surface area contributed by atoms with Gasteiger partial charge in [0.25, 0.3) is 0 Å². The molecule has 9 heteroatoms. The van der Waals surface area contributed by atoms with Crippen molar-refractivity contribution < 1.29 is 4.52 Å². The summed E-state index contributed by atoms with van der Waals surface area (Å²) in [6, 6.07) is 7.97. The minimum atomic E-state index is -0.151. The summed E-state index contributed by atoms with van der Waals surface area (Å²) in [5, 5.41) is 8.17. The molecule has 0 atom stereocenters. The van der Waals surface area contributed by atoms with Crippen LogP contribution in [0.1, 0.15) is 32.5 Å². The molecule has 7 nitrogen and oxygen atoms in total. The third-order valence-corrected chi connectivity index (χ3v) is 4.82. The zero-order valence-electron chi connectivity index (χ0n) is 16.8. The van der Waals surface area contributed by atoms with Gasteiger partial charge in [0.05, 0.1) is 17.3 Å². The number of nitrogens with zero attached hydrogens (tertiary/aromatic N) is 5. The van der Waals surface area contributed by atoms with E-state index < -0.39 is 0 Å². The van der Waals surface area contributed by atoms with Gasteiger partial charge >= 0.3 is 0 Å². The predicted octanol–water partition coefficient (Wildman–Crippen LogP) is 3.54. The highest BCUT2D eigenvalue weighted by atomic mass is 127. The molecule has 3 rings (SSSR count). The van der Waals surface area contributed by atoms with Crippen LogP contribution in [0.4, 0.5) is 5.69 Å². The number of guanidine groups is 1. The van der Waals surface area contributed by atoms with E-state index in [1.165, 1.54) is 0 Å². The van der Waals surface area contributed by atoms with Gasteiger partial charge in [0, 0.05) is 38.6 Å². The van der Waals surface area contributed by atoms with E-state index in [1.807, 2.05) is 18.2 Å². The number of rotatable bonds is 3. The number of halogens is 2. The van der Waals surface area contributed by atoms with Crippen LogP contribution in [-0.4, -0.2) is 54.2 Å². The Balaban J connectivity index is 0.00000280. The molecule has 1 fully saturated rings. The lowest BCUT2D eigenvalue weighted by atomic mass is 9.97. The SMILES string of the molecule is CN=C(NCc1noc(C(C)(C)C)n1)N1CCN(c2ccccc2Cl)CC1.I. The third kappa shape index (κ3) is 5.50. The van der Waals surface area contributed by atoms with Crippen LogP contribution >= 0.6 is 35.6 Å². The van der Waals surface area contributed by atoms with Gasteiger partial charge in [-0.05, 0) is 12.1 Å². The quantitative estimate of drug-likeness (QED) is 0.381. The Kier molecular flexibility index (Phi) is 7.94. The van der Waals surface area contributed by atoms with Gasteiger partial charge in [0.2, 0.25) is 5.89 Å². The topological polar surface area (TPSA) is 69.8 Å². The first-order valence-corrected chi connectivity index (χ1v) is 9.54. The van der Waals surface area contributed by atoms with Gasteiger partial charge in [-0.1, -0.05) is 49.7 Å². The predicted molar refractivity (Wildman–Crippen MR) is 124 cm³/mol. The van der Waals surface area contributed by atoms with E-state index in [1.54, 1.807) is 7.05 Å². The number of aliphatic imine (C=N–C) groups is 1. The number of piperazine rings is 1. The zero-order chi connectivity index (χ0) is 19.4. The summed E-state index contributed by atoms with van der Waals surface area (Å²) >= 11 is 6.32. The number of aromatic nitrogens is 2. The summed E-state index contributed by atoms with van der Waals surface area (Å²) in [7, 11) is 1.79. The number of benzene rings is 1. The second kappa shape index (κ2) is 9.78. The van der Waals surface area contributed by atoms with Crippen molar-refractivity contribution in [1.29, 1.82) is 0 Å². The van der Waals surface area contributed by atoms with Crippen molar-refractivity contribution in [3.63, 3.8) is 0 Å². The van der Waals surface area contributed by atoms with Crippen LogP contribution in [0.25, 0.3) is 0 Å². The van der Waals surface area contributed by atoms with Gasteiger partial charge < -0.3 is 19.6 Å². The molecule has 2 heterocycles. The molecule has 1 saturated heterocycles. The number of hydrogen-bond acceptors (Lipinski definition) is 5. The molecule has 0 radical (unpaired) electrons. The Morgan fingerprint density at radius 2 is 1.89 bits per heavy atom. The Morgan fingerprint density at radius 1 is 1.21 bits per heavy atom. The molecule has 0 bridgehead atoms. The fraction of sp³-hybridized carbons (Fsp3) is 0.526. The molecular weight excluding hydrogens is 491 g/mol. The van der Waals surface area contributed by atoms with Gasteiger partial charge in [-0.25, -0.2) is 0 Å². The van der Waals surface area contributed by atoms with Gasteiger partial charge in [0.1, 0.15) is 0 Å². The highest BCUT2D eigenvalue weighted by molar-refractivity contribution is 14.0. The molecule has 1 aromatic heterocycles. The first-order chi connectivity index (χ1) is 12.9. The summed E-state index contributed by atoms with van der Waals surface area (Å²) in [5.74, 6) is 2.12. The summed E-state index contributed by atoms with van der Waals surface area (Å²) in [4.78, 5) is 13.4. The Morgan fingerprint density at radius 3 is 2.46 bits per heavy atom. The van der Waals surface area contributed by atoms with Crippen LogP contribution in [0.5, 0.6) is 0 Å². The average molecular weight is 519 g/mol. The van der Waals surface area contributed by atoms with Crippen molar-refractivity contribution in [2.45, 2.75) is 32.7 Å². The summed E-state index contributed by atoms with van der Waals surface area (Å²) in [6.07, 6.45) is 0. The highest BCUT2D eigenvalue weighted by Crippen LogP contribution is 2.26. The van der Waals surface area contributed by atoms with Gasteiger partial charge in [0.15, 0.2) is 11.8 Å². The number of nitrogens with one attached hydrogen (secondary N) is 1. The maximum absolute atomic E-state index is 6.32. The molecule has 2 aromatic rings. The second-order valence-corrected chi connectivity index (χ2v) is 8.00. The fourth-order valence-corrected chi connectivity index (χ4v) is 3.24. The molecule has 0 unspecified atom stereocenters. The van der Waals surface area contributed by atoms with Crippen molar-refractivity contribution in [2.24, 2.45) is 4.99 Å². The van der Waals surface area contributed by atoms with Crippen molar-refractivity contribution in [2.75, 3.05) is 38.1 Å². The van der Waals surface area contributed by atoms with Crippen LogP contribution in [0.15, 0.2) is 33.8 Å². The van der Waals surface area contributed by atoms with Crippen molar-refractivity contribution >= 4 is 47.2 Å². The monoisotopic (exact) mass is 518 g/mol. The molecule has 1 aliphatic heterocycles. The van der Waals surface area contributed by atoms with Crippen molar-refractivity contribution in [3.8, 4) is 0 Å². The molecule has 1 aliphatic rings. The van der Waals surface area contributed by atoms with Crippen LogP contribution in [-0.2, 0) is 12.0 Å². The number of anilines is 1. The Hall–Kier alpha value is -1.55. The lowest BCUT2D eigenvalue weighted by molar-refractivity contribution is 0.317. The molecule has 0 spiro atoms. The van der Waals surface area contributed by atoms with Crippen LogP contribution in [0.2, 0.25) is 5.02 Å². The first kappa shape index (κ1) is 22.7. The summed E-state index contributed by atoms with van der Waals surface area (Å²) < 4.78 is 5.34. The van der Waals surface area contributed by atoms with E-state index in [0.29, 0.717) is 18.3 Å². The van der Waals surface area contributed by atoms with Crippen LogP contribution in [0.3, 0.4) is 0 Å². The maximum Gasteiger partial charge on any atom is 0.232 e. The third-order valence-electron chi connectivity index (χ3n) is 4.50. The minimum absolute atomic E-state index is 0. The second-order valence-electron chi connectivity index (χ2n) is 7.59. The van der Waals surface area contributed by atoms with Gasteiger partial charge in [-0.2, -0.15) is 4.98 Å². The van der Waals surface area contributed by atoms with E-state index in [9.17, 15) is 0 Å². The van der Waals surface area contributed by atoms with E-state index in [-0.39, 0.29) is 29.4 Å². The average Bonchev–Trinajstić information content (AvgIpc) is 3.13. The maximum atomic E-state index is 6.32. The van der Waals surface area contributed by atoms with Crippen LogP contribution < -0.4 is 10.2 Å². The molecule has 1 N–H and O–H groups in total. The highest BCUT2D eigenvalue weighted by Gasteiger charge is 2.23. The molecular formula is C19H28ClIN6O.